The summed E-state index contributed by atoms with van der Waals surface area (Å²) in [5, 5.41) is 9.11. The Balaban J connectivity index is 1.17. The number of hydrogen-bond donors (Lipinski definition) is 0. The van der Waals surface area contributed by atoms with E-state index in [1.54, 1.807) is 0 Å². The average Bonchev–Trinajstić information content (AvgIpc) is 3.70. The summed E-state index contributed by atoms with van der Waals surface area (Å²) in [6.07, 6.45) is 0. The van der Waals surface area contributed by atoms with Crippen LogP contribution >= 0.6 is 0 Å². The molecule has 0 spiro atoms. The van der Waals surface area contributed by atoms with Crippen molar-refractivity contribution in [2.45, 2.75) is 0 Å². The van der Waals surface area contributed by atoms with Gasteiger partial charge in [-0.25, -0.2) is 0 Å². The van der Waals surface area contributed by atoms with E-state index < -0.39 is 0 Å². The molecule has 0 aliphatic carbocycles. The van der Waals surface area contributed by atoms with E-state index in [-0.39, 0.29) is 0 Å². The lowest BCUT2D eigenvalue weighted by Gasteiger charge is -2.25. The lowest BCUT2D eigenvalue weighted by molar-refractivity contribution is 0.664. The predicted molar refractivity (Wildman–Crippen MR) is 196 cm³/mol. The van der Waals surface area contributed by atoms with Crippen LogP contribution in [0.25, 0.3) is 76.5 Å². The average molecular weight is 602 g/mol. The molecule has 2 aromatic heterocycles. The first-order valence-electron chi connectivity index (χ1n) is 15.9. The fourth-order valence-electron chi connectivity index (χ4n) is 7.28. The van der Waals surface area contributed by atoms with Gasteiger partial charge >= 0.3 is 0 Å². The summed E-state index contributed by atoms with van der Waals surface area (Å²) < 4.78 is 13.0. The van der Waals surface area contributed by atoms with Crippen molar-refractivity contribution in [2.24, 2.45) is 0 Å². The Hall–Kier alpha value is -6.32. The normalized spacial score (nSPS) is 11.8. The Morgan fingerprint density at radius 2 is 0.979 bits per heavy atom. The Morgan fingerprint density at radius 1 is 0.362 bits per heavy atom. The summed E-state index contributed by atoms with van der Waals surface area (Å²) in [5.74, 6) is 0. The van der Waals surface area contributed by atoms with Crippen molar-refractivity contribution in [1.82, 2.24) is 0 Å². The number of rotatable bonds is 4. The molecule has 0 saturated carbocycles. The molecule has 0 N–H and O–H groups in total. The van der Waals surface area contributed by atoms with Gasteiger partial charge in [-0.05, 0) is 87.9 Å². The van der Waals surface area contributed by atoms with E-state index in [2.05, 4.69) is 157 Å². The zero-order valence-electron chi connectivity index (χ0n) is 25.4. The lowest BCUT2D eigenvalue weighted by Crippen LogP contribution is -2.09. The number of para-hydroxylation sites is 1. The molecule has 0 bridgehead atoms. The van der Waals surface area contributed by atoms with E-state index in [1.807, 2.05) is 12.1 Å². The topological polar surface area (TPSA) is 29.5 Å². The second-order valence-electron chi connectivity index (χ2n) is 12.1. The second-order valence-corrected chi connectivity index (χ2v) is 12.1. The van der Waals surface area contributed by atoms with E-state index in [0.29, 0.717) is 0 Å². The predicted octanol–water partition coefficient (Wildman–Crippen LogP) is 12.9. The van der Waals surface area contributed by atoms with Crippen LogP contribution in [0, 0.1) is 0 Å². The molecule has 2 heterocycles. The summed E-state index contributed by atoms with van der Waals surface area (Å²) in [6, 6.07) is 57.8. The van der Waals surface area contributed by atoms with Gasteiger partial charge in [-0.1, -0.05) is 103 Å². The van der Waals surface area contributed by atoms with Crippen LogP contribution in [0.5, 0.6) is 0 Å². The largest absolute Gasteiger partial charge is 0.456 e. The fraction of sp³-hybridized carbons (Fsp3) is 0. The summed E-state index contributed by atoms with van der Waals surface area (Å²) in [6.45, 7) is 0. The highest BCUT2D eigenvalue weighted by molar-refractivity contribution is 6.28. The minimum absolute atomic E-state index is 0.853. The van der Waals surface area contributed by atoms with Gasteiger partial charge in [-0.15, -0.1) is 0 Å². The maximum Gasteiger partial charge on any atom is 0.143 e. The van der Waals surface area contributed by atoms with Gasteiger partial charge < -0.3 is 13.7 Å². The third kappa shape index (κ3) is 4.00. The smallest absolute Gasteiger partial charge is 0.143 e. The van der Waals surface area contributed by atoms with Crippen molar-refractivity contribution in [3.63, 3.8) is 0 Å². The van der Waals surface area contributed by atoms with Gasteiger partial charge in [0.05, 0.1) is 0 Å². The van der Waals surface area contributed by atoms with Crippen LogP contribution in [0.4, 0.5) is 17.1 Å². The molecule has 0 atom stereocenters. The number of furan rings is 2. The number of fused-ring (bicyclic) bond motifs is 10. The van der Waals surface area contributed by atoms with Crippen LogP contribution in [0.15, 0.2) is 173 Å². The van der Waals surface area contributed by atoms with Crippen LogP contribution in [0.3, 0.4) is 0 Å². The Kier molecular flexibility index (Phi) is 5.57. The molecule has 3 nitrogen and oxygen atoms in total. The number of anilines is 3. The van der Waals surface area contributed by atoms with Crippen molar-refractivity contribution < 1.29 is 8.83 Å². The highest BCUT2D eigenvalue weighted by Gasteiger charge is 2.20. The van der Waals surface area contributed by atoms with Crippen molar-refractivity contribution in [3.05, 3.63) is 164 Å². The summed E-state index contributed by atoms with van der Waals surface area (Å²) >= 11 is 0. The van der Waals surface area contributed by atoms with E-state index >= 15 is 0 Å². The molecule has 0 aliphatic rings. The van der Waals surface area contributed by atoms with Gasteiger partial charge in [0.1, 0.15) is 22.3 Å². The molecule has 0 saturated heterocycles. The van der Waals surface area contributed by atoms with Gasteiger partial charge in [0.25, 0.3) is 0 Å². The first kappa shape index (κ1) is 26.0. The van der Waals surface area contributed by atoms with Crippen LogP contribution in [0.2, 0.25) is 0 Å². The molecule has 10 rings (SSSR count). The minimum Gasteiger partial charge on any atom is -0.456 e. The molecule has 3 heteroatoms. The van der Waals surface area contributed by atoms with Crippen molar-refractivity contribution >= 4 is 82.5 Å². The molecule has 0 fully saturated rings. The number of nitrogens with zero attached hydrogens (tertiary/aromatic N) is 1. The zero-order valence-corrected chi connectivity index (χ0v) is 25.4. The first-order valence-corrected chi connectivity index (χ1v) is 15.9. The van der Waals surface area contributed by atoms with Crippen molar-refractivity contribution in [3.8, 4) is 11.1 Å². The van der Waals surface area contributed by atoms with Gasteiger partial charge in [0.15, 0.2) is 0 Å². The third-order valence-electron chi connectivity index (χ3n) is 9.44. The molecule has 0 aliphatic heterocycles. The monoisotopic (exact) mass is 601 g/mol. The summed E-state index contributed by atoms with van der Waals surface area (Å²) in [5.41, 5.74) is 9.12. The molecular formula is C44H27NO2. The highest BCUT2D eigenvalue weighted by atomic mass is 16.3. The Morgan fingerprint density at radius 3 is 1.81 bits per heavy atom. The second kappa shape index (κ2) is 10.1. The highest BCUT2D eigenvalue weighted by Crippen LogP contribution is 2.44. The molecule has 220 valence electrons. The van der Waals surface area contributed by atoms with E-state index in [0.717, 1.165) is 66.3 Å². The Bertz CT molecular complexity index is 2780. The molecule has 8 aromatic carbocycles. The molecule has 0 radical (unpaired) electrons. The van der Waals surface area contributed by atoms with Gasteiger partial charge in [0.2, 0.25) is 0 Å². The van der Waals surface area contributed by atoms with Gasteiger partial charge in [-0.2, -0.15) is 0 Å². The van der Waals surface area contributed by atoms with Crippen LogP contribution < -0.4 is 4.90 Å². The summed E-state index contributed by atoms with van der Waals surface area (Å²) in [4.78, 5) is 2.31. The molecule has 10 aromatic rings. The number of benzene rings is 8. The van der Waals surface area contributed by atoms with Crippen LogP contribution in [0.1, 0.15) is 0 Å². The zero-order chi connectivity index (χ0) is 30.9. The molecular weight excluding hydrogens is 574 g/mol. The number of hydrogen-bond acceptors (Lipinski definition) is 3. The van der Waals surface area contributed by atoms with Crippen LogP contribution in [-0.2, 0) is 0 Å². The maximum absolute atomic E-state index is 6.53. The van der Waals surface area contributed by atoms with E-state index in [1.165, 1.54) is 27.3 Å². The quantitative estimate of drug-likeness (QED) is 0.201. The Labute approximate surface area is 270 Å². The van der Waals surface area contributed by atoms with Crippen LogP contribution in [-0.4, -0.2) is 0 Å². The van der Waals surface area contributed by atoms with Gasteiger partial charge in [-0.3, -0.25) is 0 Å². The minimum atomic E-state index is 0.853. The van der Waals surface area contributed by atoms with Crippen molar-refractivity contribution in [1.29, 1.82) is 0 Å². The standard InChI is InChI=1S/C44H27NO2/c1-2-12-31(13-3-1)45(32-20-17-30(18-21-32)35-16-8-11-28-9-4-6-14-34(28)35)33-22-24-39-38(27-33)43-40(46-39)25-26-41-42(43)37-23-19-29-10-5-7-15-36(29)44(37)47-41/h1-27H. The van der Waals surface area contributed by atoms with E-state index in [4.69, 9.17) is 8.83 Å². The lowest BCUT2D eigenvalue weighted by atomic mass is 9.98. The molecule has 0 unspecified atom stereocenters. The van der Waals surface area contributed by atoms with E-state index in [9.17, 15) is 0 Å². The third-order valence-corrected chi connectivity index (χ3v) is 9.44. The fourth-order valence-corrected chi connectivity index (χ4v) is 7.28. The first-order chi connectivity index (χ1) is 23.3. The molecule has 0 amide bonds. The maximum atomic E-state index is 6.53. The summed E-state index contributed by atoms with van der Waals surface area (Å²) in [7, 11) is 0. The van der Waals surface area contributed by atoms with Gasteiger partial charge in [0, 0.05) is 44.0 Å². The molecule has 47 heavy (non-hydrogen) atoms. The van der Waals surface area contributed by atoms with Crippen molar-refractivity contribution in [2.75, 3.05) is 4.90 Å². The SMILES string of the molecule is c1ccc(N(c2ccc(-c3cccc4ccccc34)cc2)c2ccc3oc4ccc5oc6c7ccccc7ccc6c5c4c3c2)cc1.